The highest BCUT2D eigenvalue weighted by molar-refractivity contribution is 6.61. The average molecular weight is 370 g/mol. The Hall–Kier alpha value is -3.11. The molecule has 6 heteroatoms. The summed E-state index contributed by atoms with van der Waals surface area (Å²) in [7, 11) is -0.834. The van der Waals surface area contributed by atoms with Crippen LogP contribution in [0.15, 0.2) is 66.7 Å². The smallest absolute Gasteiger partial charge is 0.457 e. The van der Waals surface area contributed by atoms with Gasteiger partial charge in [0.25, 0.3) is 0 Å². The van der Waals surface area contributed by atoms with Gasteiger partial charge in [0.1, 0.15) is 11.5 Å². The molecule has 0 aliphatic carbocycles. The molecule has 0 saturated heterocycles. The van der Waals surface area contributed by atoms with Crippen LogP contribution in [0.1, 0.15) is 16.7 Å². The first kappa shape index (κ1) is 18.3. The van der Waals surface area contributed by atoms with Crippen LogP contribution in [0.25, 0.3) is 4.85 Å². The molecule has 3 aromatic rings. The molecule has 0 fully saturated rings. The second-order valence-electron chi connectivity index (χ2n) is 6.66. The zero-order valence-electron chi connectivity index (χ0n) is 15.3. The van der Waals surface area contributed by atoms with Crippen LogP contribution in [-0.2, 0) is 24.4 Å². The van der Waals surface area contributed by atoms with Crippen molar-refractivity contribution in [2.45, 2.75) is 19.7 Å². The van der Waals surface area contributed by atoms with E-state index in [1.807, 2.05) is 66.7 Å². The average Bonchev–Trinajstić information content (AvgIpc) is 3.10. The first-order chi connectivity index (χ1) is 13.7. The maximum Gasteiger partial charge on any atom is 0.491 e. The van der Waals surface area contributed by atoms with Gasteiger partial charge in [-0.15, -0.1) is 0 Å². The van der Waals surface area contributed by atoms with Crippen LogP contribution in [0, 0.1) is 6.57 Å². The van der Waals surface area contributed by atoms with E-state index in [-0.39, 0.29) is 0 Å². The number of benzene rings is 3. The third kappa shape index (κ3) is 4.24. The molecule has 2 N–H and O–H groups in total. The minimum Gasteiger partial charge on any atom is -0.457 e. The molecule has 1 aliphatic rings. The second-order valence-corrected chi connectivity index (χ2v) is 6.66. The summed E-state index contributed by atoms with van der Waals surface area (Å²) >= 11 is 0. The van der Waals surface area contributed by atoms with Gasteiger partial charge in [0.2, 0.25) is 0 Å². The molecule has 28 heavy (non-hydrogen) atoms. The zero-order valence-corrected chi connectivity index (χ0v) is 15.3. The summed E-state index contributed by atoms with van der Waals surface area (Å²) in [6.07, 6.45) is 0. The van der Waals surface area contributed by atoms with Gasteiger partial charge in [0, 0.05) is 13.1 Å². The topological polar surface area (TPSA) is 55.1 Å². The van der Waals surface area contributed by atoms with Crippen molar-refractivity contribution in [1.82, 2.24) is 5.32 Å². The highest BCUT2D eigenvalue weighted by Gasteiger charge is 2.27. The summed E-state index contributed by atoms with van der Waals surface area (Å²) < 4.78 is 11.1. The van der Waals surface area contributed by atoms with E-state index >= 15 is 0 Å². The van der Waals surface area contributed by atoms with E-state index in [4.69, 9.17) is 16.0 Å². The minimum absolute atomic E-state index is 0.400. The molecule has 138 valence electrons. The SMILES string of the molecule is [C-]#[N+]c1cccc(CNCc2ccc(Oc3ccc4c(c3)COB4O)cc2)c1. The van der Waals surface area contributed by atoms with Crippen LogP contribution >= 0.6 is 0 Å². The Labute approximate surface area is 164 Å². The molecular formula is C22H19BN2O3. The van der Waals surface area contributed by atoms with Crippen molar-refractivity contribution in [3.8, 4) is 11.5 Å². The number of fused-ring (bicyclic) bond motifs is 1. The van der Waals surface area contributed by atoms with Crippen molar-refractivity contribution in [3.63, 3.8) is 0 Å². The normalized spacial score (nSPS) is 12.5. The summed E-state index contributed by atoms with van der Waals surface area (Å²) in [4.78, 5) is 3.45. The van der Waals surface area contributed by atoms with E-state index in [0.717, 1.165) is 40.2 Å². The third-order valence-corrected chi connectivity index (χ3v) is 4.63. The molecule has 3 aromatic carbocycles. The molecular weight excluding hydrogens is 351 g/mol. The van der Waals surface area contributed by atoms with Gasteiger partial charge in [0.15, 0.2) is 5.69 Å². The van der Waals surface area contributed by atoms with Crippen LogP contribution in [0.2, 0.25) is 0 Å². The molecule has 1 heterocycles. The minimum atomic E-state index is -0.834. The van der Waals surface area contributed by atoms with Crippen LogP contribution in [0.4, 0.5) is 5.69 Å². The second kappa shape index (κ2) is 8.28. The van der Waals surface area contributed by atoms with Crippen molar-refractivity contribution in [1.29, 1.82) is 0 Å². The molecule has 0 aromatic heterocycles. The Bertz CT molecular complexity index is 1020. The van der Waals surface area contributed by atoms with Gasteiger partial charge < -0.3 is 19.7 Å². The first-order valence-electron chi connectivity index (χ1n) is 9.08. The Morgan fingerprint density at radius 2 is 1.79 bits per heavy atom. The van der Waals surface area contributed by atoms with Crippen molar-refractivity contribution in [3.05, 3.63) is 94.8 Å². The van der Waals surface area contributed by atoms with Crippen molar-refractivity contribution in [2.24, 2.45) is 0 Å². The highest BCUT2D eigenvalue weighted by atomic mass is 16.5. The summed E-state index contributed by atoms with van der Waals surface area (Å²) in [5, 5.41) is 13.1. The van der Waals surface area contributed by atoms with E-state index in [9.17, 15) is 5.02 Å². The maximum atomic E-state index is 9.68. The lowest BCUT2D eigenvalue weighted by Gasteiger charge is -2.09. The van der Waals surface area contributed by atoms with E-state index in [2.05, 4.69) is 10.2 Å². The van der Waals surface area contributed by atoms with Gasteiger partial charge in [-0.05, 0) is 46.4 Å². The molecule has 0 amide bonds. The fraction of sp³-hybridized carbons (Fsp3) is 0.136. The lowest BCUT2D eigenvalue weighted by Crippen LogP contribution is -2.27. The lowest BCUT2D eigenvalue weighted by molar-refractivity contribution is 0.275. The monoisotopic (exact) mass is 370 g/mol. The standard InChI is InChI=1S/C22H19BN2O3/c1-24-19-4-2-3-17(11-19)14-25-13-16-5-7-20(8-6-16)28-21-9-10-22-18(12-21)15-27-23(22)26/h2-12,25-26H,13-15H2. The van der Waals surface area contributed by atoms with Gasteiger partial charge in [-0.25, -0.2) is 4.85 Å². The Morgan fingerprint density at radius 1 is 1.00 bits per heavy atom. The summed E-state index contributed by atoms with van der Waals surface area (Å²) in [6.45, 7) is 8.92. The number of nitrogens with zero attached hydrogens (tertiary/aromatic N) is 1. The predicted molar refractivity (Wildman–Crippen MR) is 109 cm³/mol. The molecule has 1 aliphatic heterocycles. The number of rotatable bonds is 6. The first-order valence-corrected chi connectivity index (χ1v) is 9.08. The zero-order chi connectivity index (χ0) is 19.3. The number of ether oxygens (including phenoxy) is 1. The maximum absolute atomic E-state index is 9.68. The molecule has 0 radical (unpaired) electrons. The molecule has 5 nitrogen and oxygen atoms in total. The van der Waals surface area contributed by atoms with Crippen LogP contribution in [0.3, 0.4) is 0 Å². The van der Waals surface area contributed by atoms with Crippen molar-refractivity contribution in [2.75, 3.05) is 0 Å². The van der Waals surface area contributed by atoms with Crippen molar-refractivity contribution >= 4 is 18.3 Å². The summed E-state index contributed by atoms with van der Waals surface area (Å²) in [5.74, 6) is 1.48. The predicted octanol–water partition coefficient (Wildman–Crippen LogP) is 3.54. The third-order valence-electron chi connectivity index (χ3n) is 4.63. The van der Waals surface area contributed by atoms with Crippen molar-refractivity contribution < 1.29 is 14.4 Å². The Morgan fingerprint density at radius 3 is 2.61 bits per heavy atom. The lowest BCUT2D eigenvalue weighted by atomic mass is 9.80. The number of hydrogen-bond acceptors (Lipinski definition) is 4. The fourth-order valence-corrected chi connectivity index (χ4v) is 3.17. The van der Waals surface area contributed by atoms with Gasteiger partial charge in [-0.3, -0.25) is 0 Å². The summed E-state index contributed by atoms with van der Waals surface area (Å²) in [5.41, 5.74) is 4.66. The van der Waals surface area contributed by atoms with Crippen LogP contribution in [-0.4, -0.2) is 12.1 Å². The summed E-state index contributed by atoms with van der Waals surface area (Å²) in [6, 6.07) is 21.1. The molecule has 0 unspecified atom stereocenters. The van der Waals surface area contributed by atoms with E-state index < -0.39 is 7.12 Å². The van der Waals surface area contributed by atoms with Gasteiger partial charge in [-0.2, -0.15) is 0 Å². The fourth-order valence-electron chi connectivity index (χ4n) is 3.17. The van der Waals surface area contributed by atoms with E-state index in [1.54, 1.807) is 0 Å². The number of hydrogen-bond donors (Lipinski definition) is 2. The van der Waals surface area contributed by atoms with Gasteiger partial charge in [0.05, 0.1) is 13.2 Å². The largest absolute Gasteiger partial charge is 0.491 e. The molecule has 0 saturated carbocycles. The van der Waals surface area contributed by atoms with E-state index in [0.29, 0.717) is 18.8 Å². The molecule has 0 bridgehead atoms. The van der Waals surface area contributed by atoms with E-state index in [1.165, 1.54) is 0 Å². The molecule has 4 rings (SSSR count). The molecule has 0 atom stereocenters. The Balaban J connectivity index is 1.32. The highest BCUT2D eigenvalue weighted by Crippen LogP contribution is 2.24. The Kier molecular flexibility index (Phi) is 5.40. The van der Waals surface area contributed by atoms with Gasteiger partial charge >= 0.3 is 7.12 Å². The number of nitrogens with one attached hydrogen (secondary N) is 1. The van der Waals surface area contributed by atoms with Crippen LogP contribution in [0.5, 0.6) is 11.5 Å². The van der Waals surface area contributed by atoms with Crippen LogP contribution < -0.4 is 15.5 Å². The van der Waals surface area contributed by atoms with Gasteiger partial charge in [-0.1, -0.05) is 42.5 Å². The quantitative estimate of drug-likeness (QED) is 0.515. The molecule has 0 spiro atoms.